The van der Waals surface area contributed by atoms with Crippen LogP contribution in [0.4, 0.5) is 8.78 Å². The molecule has 23 heavy (non-hydrogen) atoms. The van der Waals surface area contributed by atoms with Crippen LogP contribution in [0.2, 0.25) is 0 Å². The summed E-state index contributed by atoms with van der Waals surface area (Å²) >= 11 is 0. The zero-order valence-electron chi connectivity index (χ0n) is 12.3. The van der Waals surface area contributed by atoms with E-state index in [4.69, 9.17) is 0 Å². The fraction of sp³-hybridized carbons (Fsp3) is 0.158. The molecular weight excluding hydrogens is 296 g/mol. The Balaban J connectivity index is 1.99. The Bertz CT molecular complexity index is 818. The first kappa shape index (κ1) is 15.3. The molecule has 0 spiro atoms. The van der Waals surface area contributed by atoms with Crippen LogP contribution in [0.15, 0.2) is 66.9 Å². The summed E-state index contributed by atoms with van der Waals surface area (Å²) in [7, 11) is 0. The number of carbonyl (C=O) groups is 1. The van der Waals surface area contributed by atoms with Crippen LogP contribution >= 0.6 is 0 Å². The number of ketones is 1. The summed E-state index contributed by atoms with van der Waals surface area (Å²) in [5, 5.41) is 0.821. The van der Waals surface area contributed by atoms with E-state index in [0.717, 1.165) is 10.9 Å². The summed E-state index contributed by atoms with van der Waals surface area (Å²) in [4.78, 5) is 17.0. The monoisotopic (exact) mass is 311 g/mol. The molecule has 1 unspecified atom stereocenters. The normalized spacial score (nSPS) is 12.5. The van der Waals surface area contributed by atoms with Gasteiger partial charge in [0.1, 0.15) is 0 Å². The lowest BCUT2D eigenvalue weighted by Crippen LogP contribution is -2.16. The fourth-order valence-electron chi connectivity index (χ4n) is 2.69. The molecule has 4 heteroatoms. The van der Waals surface area contributed by atoms with E-state index in [2.05, 4.69) is 4.98 Å². The molecule has 0 radical (unpaired) electrons. The Morgan fingerprint density at radius 3 is 2.52 bits per heavy atom. The second-order valence-electron chi connectivity index (χ2n) is 5.37. The van der Waals surface area contributed by atoms with Crippen molar-refractivity contribution in [1.29, 1.82) is 0 Å². The zero-order chi connectivity index (χ0) is 16.2. The van der Waals surface area contributed by atoms with Crippen molar-refractivity contribution in [2.24, 2.45) is 0 Å². The average Bonchev–Trinajstić information content (AvgIpc) is 2.59. The largest absolute Gasteiger partial charge is 0.293 e. The van der Waals surface area contributed by atoms with Gasteiger partial charge in [-0.3, -0.25) is 9.78 Å². The molecule has 3 rings (SSSR count). The topological polar surface area (TPSA) is 30.0 Å². The van der Waals surface area contributed by atoms with Gasteiger partial charge in [0, 0.05) is 23.6 Å². The number of Topliss-reactive ketones (excluding diaryl/α,β-unsaturated/α-hetero) is 1. The van der Waals surface area contributed by atoms with Gasteiger partial charge < -0.3 is 0 Å². The first-order chi connectivity index (χ1) is 11.1. The minimum absolute atomic E-state index is 0.290. The highest BCUT2D eigenvalue weighted by molar-refractivity contribution is 6.03. The van der Waals surface area contributed by atoms with Gasteiger partial charge in [0.05, 0.1) is 11.4 Å². The maximum atomic E-state index is 12.9. The number of hydrogen-bond donors (Lipinski definition) is 0. The minimum Gasteiger partial charge on any atom is -0.293 e. The van der Waals surface area contributed by atoms with Gasteiger partial charge in [0.2, 0.25) is 6.43 Å². The van der Waals surface area contributed by atoms with Crippen LogP contribution in [0.5, 0.6) is 0 Å². The SMILES string of the molecule is O=C(c1ccc2ncccc2c1)C(CC(F)F)c1ccccc1. The van der Waals surface area contributed by atoms with Crippen molar-refractivity contribution in [3.63, 3.8) is 0 Å². The van der Waals surface area contributed by atoms with Gasteiger partial charge in [0.25, 0.3) is 0 Å². The number of carbonyl (C=O) groups excluding carboxylic acids is 1. The Labute approximate surface area is 132 Å². The van der Waals surface area contributed by atoms with Crippen molar-refractivity contribution in [3.05, 3.63) is 78.0 Å². The minimum atomic E-state index is -2.54. The summed E-state index contributed by atoms with van der Waals surface area (Å²) in [5.41, 5.74) is 1.82. The third-order valence-corrected chi connectivity index (χ3v) is 3.82. The third-order valence-electron chi connectivity index (χ3n) is 3.82. The highest BCUT2D eigenvalue weighted by atomic mass is 19.3. The van der Waals surface area contributed by atoms with Gasteiger partial charge in [-0.15, -0.1) is 0 Å². The van der Waals surface area contributed by atoms with Crippen molar-refractivity contribution in [1.82, 2.24) is 4.98 Å². The molecule has 116 valence electrons. The second-order valence-corrected chi connectivity index (χ2v) is 5.37. The first-order valence-electron chi connectivity index (χ1n) is 7.37. The Hall–Kier alpha value is -2.62. The molecule has 3 aromatic rings. The molecule has 0 saturated heterocycles. The fourth-order valence-corrected chi connectivity index (χ4v) is 2.69. The molecule has 0 aliphatic rings. The van der Waals surface area contributed by atoms with Gasteiger partial charge in [-0.2, -0.15) is 0 Å². The number of aromatic nitrogens is 1. The van der Waals surface area contributed by atoms with E-state index < -0.39 is 18.8 Å². The molecule has 1 heterocycles. The van der Waals surface area contributed by atoms with Crippen LogP contribution in [0.25, 0.3) is 10.9 Å². The van der Waals surface area contributed by atoms with Crippen LogP contribution in [0.3, 0.4) is 0 Å². The molecule has 1 aromatic heterocycles. The number of fused-ring (bicyclic) bond motifs is 1. The lowest BCUT2D eigenvalue weighted by atomic mass is 9.88. The van der Waals surface area contributed by atoms with Crippen LogP contribution in [-0.2, 0) is 0 Å². The molecule has 1 atom stereocenters. The maximum absolute atomic E-state index is 12.9. The van der Waals surface area contributed by atoms with Crippen molar-refractivity contribution in [2.75, 3.05) is 0 Å². The summed E-state index contributed by atoms with van der Waals surface area (Å²) in [6, 6.07) is 17.5. The van der Waals surface area contributed by atoms with E-state index in [1.54, 1.807) is 60.8 Å². The number of rotatable bonds is 5. The second kappa shape index (κ2) is 6.65. The van der Waals surface area contributed by atoms with Crippen molar-refractivity contribution < 1.29 is 13.6 Å². The molecular formula is C19H15F2NO. The molecule has 0 bridgehead atoms. The van der Waals surface area contributed by atoms with Gasteiger partial charge in [-0.25, -0.2) is 8.78 Å². The first-order valence-corrected chi connectivity index (χ1v) is 7.37. The molecule has 2 aromatic carbocycles. The molecule has 0 aliphatic carbocycles. The highest BCUT2D eigenvalue weighted by Gasteiger charge is 2.25. The summed E-state index contributed by atoms with van der Waals surface area (Å²) < 4.78 is 25.9. The van der Waals surface area contributed by atoms with Crippen molar-refractivity contribution in [3.8, 4) is 0 Å². The van der Waals surface area contributed by atoms with Gasteiger partial charge in [-0.1, -0.05) is 36.4 Å². The van der Waals surface area contributed by atoms with Gasteiger partial charge in [-0.05, 0) is 29.8 Å². The molecule has 0 amide bonds. The van der Waals surface area contributed by atoms with E-state index >= 15 is 0 Å². The number of hydrogen-bond acceptors (Lipinski definition) is 2. The molecule has 0 N–H and O–H groups in total. The smallest absolute Gasteiger partial charge is 0.239 e. The molecule has 0 fully saturated rings. The quantitative estimate of drug-likeness (QED) is 0.630. The lowest BCUT2D eigenvalue weighted by molar-refractivity contribution is 0.0861. The maximum Gasteiger partial charge on any atom is 0.239 e. The molecule has 0 saturated carbocycles. The number of pyridine rings is 1. The van der Waals surface area contributed by atoms with E-state index in [1.807, 2.05) is 6.07 Å². The summed E-state index contributed by atoms with van der Waals surface area (Å²) in [6.45, 7) is 0. The number of benzene rings is 2. The van der Waals surface area contributed by atoms with Crippen molar-refractivity contribution >= 4 is 16.7 Å². The van der Waals surface area contributed by atoms with E-state index in [1.165, 1.54) is 0 Å². The number of nitrogens with zero attached hydrogens (tertiary/aromatic N) is 1. The van der Waals surface area contributed by atoms with Crippen LogP contribution in [0.1, 0.15) is 28.3 Å². The number of alkyl halides is 2. The zero-order valence-corrected chi connectivity index (χ0v) is 12.3. The van der Waals surface area contributed by atoms with E-state index in [0.29, 0.717) is 11.1 Å². The Morgan fingerprint density at radius 2 is 1.78 bits per heavy atom. The number of halogens is 2. The van der Waals surface area contributed by atoms with E-state index in [9.17, 15) is 13.6 Å². The van der Waals surface area contributed by atoms with Gasteiger partial charge >= 0.3 is 0 Å². The third kappa shape index (κ3) is 3.42. The average molecular weight is 311 g/mol. The lowest BCUT2D eigenvalue weighted by Gasteiger charge is -2.16. The molecule has 0 aliphatic heterocycles. The Morgan fingerprint density at radius 1 is 1.00 bits per heavy atom. The summed E-state index contributed by atoms with van der Waals surface area (Å²) in [6.07, 6.45) is -1.34. The van der Waals surface area contributed by atoms with Crippen LogP contribution in [0, 0.1) is 0 Å². The van der Waals surface area contributed by atoms with Gasteiger partial charge in [0.15, 0.2) is 5.78 Å². The summed E-state index contributed by atoms with van der Waals surface area (Å²) in [5.74, 6) is -1.13. The van der Waals surface area contributed by atoms with Crippen LogP contribution < -0.4 is 0 Å². The standard InChI is InChI=1S/C19H15F2NO/c20-18(21)12-16(13-5-2-1-3-6-13)19(23)15-8-9-17-14(11-15)7-4-10-22-17/h1-11,16,18H,12H2. The predicted octanol–water partition coefficient (Wildman–Crippen LogP) is 4.86. The molecule has 2 nitrogen and oxygen atoms in total. The van der Waals surface area contributed by atoms with Crippen LogP contribution in [-0.4, -0.2) is 17.2 Å². The van der Waals surface area contributed by atoms with Crippen molar-refractivity contribution in [2.45, 2.75) is 18.8 Å². The highest BCUT2D eigenvalue weighted by Crippen LogP contribution is 2.28. The van der Waals surface area contributed by atoms with E-state index in [-0.39, 0.29) is 5.78 Å². The predicted molar refractivity (Wildman–Crippen MR) is 85.9 cm³/mol. The Kier molecular flexibility index (Phi) is 4.42.